The maximum Gasteiger partial charge on any atom is 0.319 e. The Morgan fingerprint density at radius 1 is 1.03 bits per heavy atom. The number of carbonyl (C=O) groups excluding carboxylic acids is 4. The smallest absolute Gasteiger partial charge is 0.319 e. The molecule has 2 aromatic carbocycles. The molecular weight excluding hydrogens is 394 g/mol. The molecule has 11 heteroatoms. The number of carbonyl (C=O) groups is 4. The minimum absolute atomic E-state index is 0.000639. The number of rotatable bonds is 7. The van der Waals surface area contributed by atoms with Crippen LogP contribution < -0.4 is 16.4 Å². The molecular formula is C19H17N5O6. The number of nitrogens with two attached hydrogens (primary N) is 1. The molecule has 0 unspecified atom stereocenters. The van der Waals surface area contributed by atoms with Gasteiger partial charge < -0.3 is 16.4 Å². The number of nitrogens with one attached hydrogen (secondary N) is 2. The van der Waals surface area contributed by atoms with E-state index in [1.165, 1.54) is 36.4 Å². The van der Waals surface area contributed by atoms with E-state index in [1.807, 2.05) is 0 Å². The predicted octanol–water partition coefficient (Wildman–Crippen LogP) is 1.50. The molecule has 0 aliphatic carbocycles. The van der Waals surface area contributed by atoms with Gasteiger partial charge in [0.15, 0.2) is 0 Å². The number of amides is 5. The Kier molecular flexibility index (Phi) is 5.72. The molecule has 2 aromatic rings. The van der Waals surface area contributed by atoms with E-state index in [1.54, 1.807) is 0 Å². The van der Waals surface area contributed by atoms with E-state index in [9.17, 15) is 29.3 Å². The largest absolute Gasteiger partial charge is 0.366 e. The first-order valence-corrected chi connectivity index (χ1v) is 8.87. The third-order valence-corrected chi connectivity index (χ3v) is 4.44. The van der Waals surface area contributed by atoms with E-state index < -0.39 is 28.7 Å². The van der Waals surface area contributed by atoms with Crippen LogP contribution in [0, 0.1) is 10.1 Å². The maximum atomic E-state index is 12.4. The van der Waals surface area contributed by atoms with Crippen LogP contribution in [0.4, 0.5) is 16.2 Å². The zero-order valence-corrected chi connectivity index (χ0v) is 15.6. The van der Waals surface area contributed by atoms with Gasteiger partial charge >= 0.3 is 6.03 Å². The number of benzene rings is 2. The number of anilines is 1. The van der Waals surface area contributed by atoms with Crippen molar-refractivity contribution in [3.05, 3.63) is 69.3 Å². The monoisotopic (exact) mass is 411 g/mol. The number of imide groups is 1. The van der Waals surface area contributed by atoms with Crippen LogP contribution in [0.2, 0.25) is 0 Å². The van der Waals surface area contributed by atoms with Gasteiger partial charge in [0.05, 0.1) is 16.1 Å². The molecule has 30 heavy (non-hydrogen) atoms. The molecule has 0 saturated carbocycles. The SMILES string of the molecule is NC(=O)c1ccc(NC(=O)NCCCN2C(=O)c3ccc([N+](=O)[O-])cc3C2=O)cc1. The summed E-state index contributed by atoms with van der Waals surface area (Å²) in [4.78, 5) is 58.9. The fraction of sp³-hybridized carbons (Fsp3) is 0.158. The molecule has 0 saturated heterocycles. The zero-order valence-electron chi connectivity index (χ0n) is 15.6. The number of fused-ring (bicyclic) bond motifs is 1. The normalized spacial score (nSPS) is 12.5. The molecule has 0 spiro atoms. The summed E-state index contributed by atoms with van der Waals surface area (Å²) in [7, 11) is 0. The lowest BCUT2D eigenvalue weighted by Gasteiger charge is -2.14. The van der Waals surface area contributed by atoms with Crippen LogP contribution in [0.1, 0.15) is 37.5 Å². The second-order valence-corrected chi connectivity index (χ2v) is 6.42. The van der Waals surface area contributed by atoms with Gasteiger partial charge in [0.1, 0.15) is 0 Å². The highest BCUT2D eigenvalue weighted by molar-refractivity contribution is 6.21. The average Bonchev–Trinajstić information content (AvgIpc) is 2.95. The fourth-order valence-electron chi connectivity index (χ4n) is 2.93. The van der Waals surface area contributed by atoms with Crippen LogP contribution in [0.3, 0.4) is 0 Å². The summed E-state index contributed by atoms with van der Waals surface area (Å²) in [5, 5.41) is 16.0. The van der Waals surface area contributed by atoms with E-state index in [2.05, 4.69) is 10.6 Å². The Hall–Kier alpha value is -4.28. The Morgan fingerprint density at radius 2 is 1.70 bits per heavy atom. The summed E-state index contributed by atoms with van der Waals surface area (Å²) < 4.78 is 0. The van der Waals surface area contributed by atoms with Crippen molar-refractivity contribution in [2.75, 3.05) is 18.4 Å². The molecule has 11 nitrogen and oxygen atoms in total. The first-order valence-electron chi connectivity index (χ1n) is 8.87. The van der Waals surface area contributed by atoms with Crippen molar-refractivity contribution >= 4 is 35.1 Å². The summed E-state index contributed by atoms with van der Waals surface area (Å²) in [5.41, 5.74) is 5.77. The Labute approximate surface area is 170 Å². The second-order valence-electron chi connectivity index (χ2n) is 6.42. The lowest BCUT2D eigenvalue weighted by molar-refractivity contribution is -0.384. The molecule has 1 aliphatic rings. The molecule has 0 bridgehead atoms. The van der Waals surface area contributed by atoms with Gasteiger partial charge in [0, 0.05) is 36.5 Å². The standard InChI is InChI=1S/C19H17N5O6/c20-16(25)11-2-4-12(5-3-11)22-19(28)21-8-1-9-23-17(26)14-7-6-13(24(29)30)10-15(14)18(23)27/h2-7,10H,1,8-9H2,(H2,20,25)(H2,21,22,28). The van der Waals surface area contributed by atoms with Crippen molar-refractivity contribution in [2.45, 2.75) is 6.42 Å². The van der Waals surface area contributed by atoms with Gasteiger partial charge in [-0.05, 0) is 36.8 Å². The van der Waals surface area contributed by atoms with E-state index in [0.717, 1.165) is 11.0 Å². The van der Waals surface area contributed by atoms with E-state index in [4.69, 9.17) is 5.73 Å². The van der Waals surface area contributed by atoms with Gasteiger partial charge in [0.25, 0.3) is 17.5 Å². The van der Waals surface area contributed by atoms with Gasteiger partial charge in [-0.25, -0.2) is 4.79 Å². The second kappa shape index (κ2) is 8.39. The molecule has 0 aromatic heterocycles. The third kappa shape index (κ3) is 4.24. The van der Waals surface area contributed by atoms with Crippen LogP contribution in [0.5, 0.6) is 0 Å². The van der Waals surface area contributed by atoms with Crippen molar-refractivity contribution < 1.29 is 24.1 Å². The predicted molar refractivity (Wildman–Crippen MR) is 105 cm³/mol. The van der Waals surface area contributed by atoms with Gasteiger partial charge in [0.2, 0.25) is 5.91 Å². The molecule has 0 fully saturated rings. The topological polar surface area (TPSA) is 165 Å². The van der Waals surface area contributed by atoms with Crippen LogP contribution in [-0.4, -0.2) is 46.7 Å². The van der Waals surface area contributed by atoms with Gasteiger partial charge in [-0.3, -0.25) is 29.4 Å². The summed E-state index contributed by atoms with van der Waals surface area (Å²) in [6.45, 7) is 0.229. The van der Waals surface area contributed by atoms with Crippen LogP contribution in [-0.2, 0) is 0 Å². The van der Waals surface area contributed by atoms with Crippen molar-refractivity contribution in [3.8, 4) is 0 Å². The third-order valence-electron chi connectivity index (χ3n) is 4.44. The van der Waals surface area contributed by atoms with Crippen LogP contribution >= 0.6 is 0 Å². The lowest BCUT2D eigenvalue weighted by atomic mass is 10.1. The first kappa shape index (κ1) is 20.5. The van der Waals surface area contributed by atoms with Crippen molar-refractivity contribution in [1.29, 1.82) is 0 Å². The minimum atomic E-state index is -0.634. The van der Waals surface area contributed by atoms with Gasteiger partial charge in [-0.15, -0.1) is 0 Å². The number of hydrogen-bond acceptors (Lipinski definition) is 6. The number of nitro benzene ring substituents is 1. The van der Waals surface area contributed by atoms with E-state index in [-0.39, 0.29) is 29.9 Å². The molecule has 1 heterocycles. The highest BCUT2D eigenvalue weighted by Crippen LogP contribution is 2.26. The van der Waals surface area contributed by atoms with Crippen molar-refractivity contribution in [1.82, 2.24) is 10.2 Å². The quantitative estimate of drug-likeness (QED) is 0.270. The number of non-ortho nitro benzene ring substituents is 1. The Balaban J connectivity index is 1.49. The molecule has 4 N–H and O–H groups in total. The van der Waals surface area contributed by atoms with Gasteiger partial charge in [-0.1, -0.05) is 0 Å². The summed E-state index contributed by atoms with van der Waals surface area (Å²) >= 11 is 0. The summed E-state index contributed by atoms with van der Waals surface area (Å²) in [6, 6.07) is 9.03. The molecule has 1 aliphatic heterocycles. The van der Waals surface area contributed by atoms with Gasteiger partial charge in [-0.2, -0.15) is 0 Å². The summed E-state index contributed by atoms with van der Waals surface area (Å²) in [5.74, 6) is -1.70. The van der Waals surface area contributed by atoms with Crippen molar-refractivity contribution in [2.24, 2.45) is 5.73 Å². The molecule has 0 radical (unpaired) electrons. The molecule has 154 valence electrons. The molecule has 5 amide bonds. The molecule has 0 atom stereocenters. The fourth-order valence-corrected chi connectivity index (χ4v) is 2.93. The zero-order chi connectivity index (χ0) is 21.8. The first-order chi connectivity index (χ1) is 14.3. The average molecular weight is 411 g/mol. The van der Waals surface area contributed by atoms with E-state index >= 15 is 0 Å². The Morgan fingerprint density at radius 3 is 2.33 bits per heavy atom. The Bertz CT molecular complexity index is 1050. The van der Waals surface area contributed by atoms with Crippen LogP contribution in [0.25, 0.3) is 0 Å². The highest BCUT2D eigenvalue weighted by Gasteiger charge is 2.36. The number of primary amides is 1. The minimum Gasteiger partial charge on any atom is -0.366 e. The molecule has 3 rings (SSSR count). The number of urea groups is 1. The highest BCUT2D eigenvalue weighted by atomic mass is 16.6. The number of nitro groups is 1. The number of nitrogens with zero attached hydrogens (tertiary/aromatic N) is 2. The lowest BCUT2D eigenvalue weighted by Crippen LogP contribution is -2.35. The van der Waals surface area contributed by atoms with E-state index in [0.29, 0.717) is 17.7 Å². The summed E-state index contributed by atoms with van der Waals surface area (Å²) in [6.07, 6.45) is 0.293. The number of hydrogen-bond donors (Lipinski definition) is 3. The van der Waals surface area contributed by atoms with Crippen molar-refractivity contribution in [3.63, 3.8) is 0 Å². The van der Waals surface area contributed by atoms with Crippen LogP contribution in [0.15, 0.2) is 42.5 Å². The maximum absolute atomic E-state index is 12.4.